The molecule has 0 spiro atoms. The zero-order chi connectivity index (χ0) is 19.7. The minimum absolute atomic E-state index is 0.0887. The lowest BCUT2D eigenvalue weighted by molar-refractivity contribution is -0.875. The number of hydrogen-bond acceptors (Lipinski definition) is 7. The van der Waals surface area contributed by atoms with Crippen molar-refractivity contribution < 1.29 is 38.7 Å². The van der Waals surface area contributed by atoms with Crippen LogP contribution in [0.4, 0.5) is 0 Å². The maximum Gasteiger partial charge on any atom is 0.333 e. The SMILES string of the molecule is C=C(C)C(=O)OC[C@H](NC(=O)[C@H](COC(=O)C(=C)C)[NH+](C)C)C(=O)[O-]. The lowest BCUT2D eigenvalue weighted by atomic mass is 10.2. The molecule has 25 heavy (non-hydrogen) atoms. The van der Waals surface area contributed by atoms with E-state index in [0.29, 0.717) is 4.90 Å². The van der Waals surface area contributed by atoms with Crippen molar-refractivity contribution in [2.45, 2.75) is 25.9 Å². The summed E-state index contributed by atoms with van der Waals surface area (Å²) >= 11 is 0. The van der Waals surface area contributed by atoms with E-state index < -0.39 is 42.5 Å². The van der Waals surface area contributed by atoms with Gasteiger partial charge in [0.2, 0.25) is 6.04 Å². The Bertz CT molecular complexity index is 569. The number of aliphatic carboxylic acids is 1. The van der Waals surface area contributed by atoms with Gasteiger partial charge in [0.25, 0.3) is 5.91 Å². The summed E-state index contributed by atoms with van der Waals surface area (Å²) in [7, 11) is 3.27. The molecule has 0 unspecified atom stereocenters. The minimum atomic E-state index is -1.62. The normalized spacial score (nSPS) is 12.7. The number of carboxylic acids is 1. The number of carbonyl (C=O) groups excluding carboxylic acids is 4. The van der Waals surface area contributed by atoms with Gasteiger partial charge in [0.15, 0.2) is 6.61 Å². The third-order valence-electron chi connectivity index (χ3n) is 3.07. The zero-order valence-electron chi connectivity index (χ0n) is 14.8. The van der Waals surface area contributed by atoms with Crippen molar-refractivity contribution in [3.05, 3.63) is 24.3 Å². The second kappa shape index (κ2) is 10.2. The number of likely N-dealkylation sites (N-methyl/N-ethyl adjacent to an activating group) is 1. The number of quaternary nitrogens is 1. The molecule has 0 aliphatic carbocycles. The summed E-state index contributed by atoms with van der Waals surface area (Å²) in [6, 6.07) is -2.42. The number of nitrogens with one attached hydrogen (secondary N) is 2. The third kappa shape index (κ3) is 8.11. The molecule has 0 aromatic rings. The summed E-state index contributed by atoms with van der Waals surface area (Å²) < 4.78 is 9.66. The Morgan fingerprint density at radius 3 is 1.80 bits per heavy atom. The molecule has 1 amide bonds. The maximum absolute atomic E-state index is 12.3. The number of carbonyl (C=O) groups is 4. The van der Waals surface area contributed by atoms with Crippen LogP contribution in [0.2, 0.25) is 0 Å². The maximum atomic E-state index is 12.3. The van der Waals surface area contributed by atoms with Crippen LogP contribution in [0.5, 0.6) is 0 Å². The Morgan fingerprint density at radius 1 is 1.00 bits per heavy atom. The van der Waals surface area contributed by atoms with Gasteiger partial charge in [0, 0.05) is 11.1 Å². The van der Waals surface area contributed by atoms with Gasteiger partial charge in [-0.25, -0.2) is 9.59 Å². The lowest BCUT2D eigenvalue weighted by Gasteiger charge is -2.24. The van der Waals surface area contributed by atoms with Crippen molar-refractivity contribution in [2.24, 2.45) is 0 Å². The van der Waals surface area contributed by atoms with Crippen LogP contribution >= 0.6 is 0 Å². The molecular weight excluding hydrogens is 332 g/mol. The van der Waals surface area contributed by atoms with Gasteiger partial charge < -0.3 is 29.6 Å². The highest BCUT2D eigenvalue weighted by Crippen LogP contribution is 1.96. The predicted octanol–water partition coefficient (Wildman–Crippen LogP) is -3.03. The standard InChI is InChI=1S/C16H24N2O7/c1-9(2)15(22)24-7-11(14(20)21)17-13(19)12(18(5)6)8-25-16(23)10(3)4/h11-12H,1,3,7-8H2,2,4-6H3,(H,17,19)(H,20,21)/t11-,12-/m0/s1. The molecular formula is C16H24N2O7. The number of carboxylic acid groups (broad SMARTS) is 1. The molecule has 0 aliphatic heterocycles. The molecule has 0 aromatic carbocycles. The van der Waals surface area contributed by atoms with Crippen LogP contribution in [-0.2, 0) is 28.7 Å². The molecule has 0 saturated heterocycles. The van der Waals surface area contributed by atoms with Gasteiger partial charge in [-0.3, -0.25) is 4.79 Å². The number of esters is 2. The van der Waals surface area contributed by atoms with Crippen LogP contribution in [0.1, 0.15) is 13.8 Å². The van der Waals surface area contributed by atoms with E-state index in [9.17, 15) is 24.3 Å². The Hall–Kier alpha value is -2.68. The van der Waals surface area contributed by atoms with Crippen LogP contribution < -0.4 is 15.3 Å². The van der Waals surface area contributed by atoms with Crippen LogP contribution in [0, 0.1) is 0 Å². The van der Waals surface area contributed by atoms with Gasteiger partial charge in [-0.2, -0.15) is 0 Å². The van der Waals surface area contributed by atoms with Crippen molar-refractivity contribution in [1.29, 1.82) is 0 Å². The monoisotopic (exact) mass is 356 g/mol. The summed E-state index contributed by atoms with van der Waals surface area (Å²) in [6.45, 7) is 8.76. The molecule has 9 heteroatoms. The molecule has 140 valence electrons. The summed E-state index contributed by atoms with van der Waals surface area (Å²) in [5.74, 6) is -3.76. The predicted molar refractivity (Wildman–Crippen MR) is 85.1 cm³/mol. The minimum Gasteiger partial charge on any atom is -0.548 e. The smallest absolute Gasteiger partial charge is 0.333 e. The fraction of sp³-hybridized carbons (Fsp3) is 0.500. The summed E-state index contributed by atoms with van der Waals surface area (Å²) in [6.07, 6.45) is 0. The highest BCUT2D eigenvalue weighted by molar-refractivity contribution is 5.89. The fourth-order valence-electron chi connectivity index (χ4n) is 1.51. The average Bonchev–Trinajstić information content (AvgIpc) is 2.49. The number of rotatable bonds is 10. The van der Waals surface area contributed by atoms with Crippen molar-refractivity contribution in [3.8, 4) is 0 Å². The first-order valence-electron chi connectivity index (χ1n) is 7.43. The molecule has 0 rings (SSSR count). The third-order valence-corrected chi connectivity index (χ3v) is 3.07. The Kier molecular flexibility index (Phi) is 9.14. The molecule has 0 bridgehead atoms. The van der Waals surface area contributed by atoms with Crippen molar-refractivity contribution >= 4 is 23.8 Å². The van der Waals surface area contributed by atoms with Gasteiger partial charge >= 0.3 is 11.9 Å². The fourth-order valence-corrected chi connectivity index (χ4v) is 1.51. The topological polar surface area (TPSA) is 126 Å². The van der Waals surface area contributed by atoms with Crippen LogP contribution in [-0.4, -0.2) is 63.2 Å². The number of amides is 1. The molecule has 0 fully saturated rings. The molecule has 2 atom stereocenters. The second-order valence-electron chi connectivity index (χ2n) is 5.77. The van der Waals surface area contributed by atoms with Gasteiger partial charge in [-0.15, -0.1) is 0 Å². The zero-order valence-corrected chi connectivity index (χ0v) is 14.8. The number of ether oxygens (including phenoxy) is 2. The number of hydrogen-bond donors (Lipinski definition) is 2. The first-order chi connectivity index (χ1) is 11.5. The largest absolute Gasteiger partial charge is 0.548 e. The summed E-state index contributed by atoms with van der Waals surface area (Å²) in [5.41, 5.74) is 0.262. The summed E-state index contributed by atoms with van der Waals surface area (Å²) in [4.78, 5) is 46.7. The van der Waals surface area contributed by atoms with E-state index in [0.717, 1.165) is 0 Å². The Morgan fingerprint density at radius 2 is 1.44 bits per heavy atom. The molecule has 2 N–H and O–H groups in total. The van der Waals surface area contributed by atoms with Gasteiger partial charge in [-0.05, 0) is 13.8 Å². The van der Waals surface area contributed by atoms with Crippen molar-refractivity contribution in [3.63, 3.8) is 0 Å². The van der Waals surface area contributed by atoms with E-state index in [4.69, 9.17) is 9.47 Å². The Labute approximate surface area is 146 Å². The second-order valence-corrected chi connectivity index (χ2v) is 5.77. The van der Waals surface area contributed by atoms with E-state index in [1.165, 1.54) is 13.8 Å². The van der Waals surface area contributed by atoms with Crippen molar-refractivity contribution in [2.75, 3.05) is 27.3 Å². The average molecular weight is 356 g/mol. The molecule has 0 aromatic heterocycles. The highest BCUT2D eigenvalue weighted by atomic mass is 16.5. The lowest BCUT2D eigenvalue weighted by Crippen LogP contribution is -3.12. The molecule has 0 radical (unpaired) electrons. The molecule has 0 aliphatic rings. The van der Waals surface area contributed by atoms with E-state index in [1.54, 1.807) is 14.1 Å². The van der Waals surface area contributed by atoms with E-state index in [2.05, 4.69) is 18.5 Å². The van der Waals surface area contributed by atoms with E-state index in [1.807, 2.05) is 0 Å². The molecule has 9 nitrogen and oxygen atoms in total. The highest BCUT2D eigenvalue weighted by Gasteiger charge is 2.29. The van der Waals surface area contributed by atoms with E-state index >= 15 is 0 Å². The first kappa shape index (κ1) is 22.3. The van der Waals surface area contributed by atoms with Gasteiger partial charge in [0.1, 0.15) is 12.6 Å². The molecule has 0 saturated carbocycles. The quantitative estimate of drug-likeness (QED) is 0.315. The van der Waals surface area contributed by atoms with Crippen LogP contribution in [0.15, 0.2) is 24.3 Å². The van der Waals surface area contributed by atoms with Gasteiger partial charge in [-0.1, -0.05) is 13.2 Å². The summed E-state index contributed by atoms with van der Waals surface area (Å²) in [5, 5.41) is 13.3. The van der Waals surface area contributed by atoms with E-state index in [-0.39, 0.29) is 17.8 Å². The first-order valence-corrected chi connectivity index (χ1v) is 7.43. The van der Waals surface area contributed by atoms with Gasteiger partial charge in [0.05, 0.1) is 20.1 Å². The van der Waals surface area contributed by atoms with Crippen LogP contribution in [0.25, 0.3) is 0 Å². The Balaban J connectivity index is 4.88. The molecule has 0 heterocycles. The van der Waals surface area contributed by atoms with Crippen molar-refractivity contribution in [1.82, 2.24) is 5.32 Å². The van der Waals surface area contributed by atoms with Crippen LogP contribution in [0.3, 0.4) is 0 Å².